The second-order valence-corrected chi connectivity index (χ2v) is 7.10. The van der Waals surface area contributed by atoms with Crippen LogP contribution in [0.15, 0.2) is 42.5 Å². The topological polar surface area (TPSA) is 38.3 Å². The van der Waals surface area contributed by atoms with Crippen LogP contribution >= 0.6 is 0 Å². The predicted molar refractivity (Wildman–Crippen MR) is 109 cm³/mol. The Bertz CT molecular complexity index is 677. The van der Waals surface area contributed by atoms with E-state index in [2.05, 4.69) is 43.4 Å². The molecule has 2 atom stereocenters. The van der Waals surface area contributed by atoms with Crippen LogP contribution in [0.5, 0.6) is 0 Å². The van der Waals surface area contributed by atoms with Crippen LogP contribution in [0.25, 0.3) is 10.8 Å². The lowest BCUT2D eigenvalue weighted by atomic mass is 10.00. The van der Waals surface area contributed by atoms with Crippen molar-refractivity contribution in [2.45, 2.75) is 77.9 Å². The summed E-state index contributed by atoms with van der Waals surface area (Å²) in [5, 5.41) is 5.39. The zero-order valence-corrected chi connectivity index (χ0v) is 16.5. The van der Waals surface area contributed by atoms with Crippen molar-refractivity contribution in [3.8, 4) is 0 Å². The van der Waals surface area contributed by atoms with Crippen molar-refractivity contribution in [2.75, 3.05) is 0 Å². The molecule has 1 amide bonds. The van der Waals surface area contributed by atoms with Crippen molar-refractivity contribution in [3.05, 3.63) is 48.0 Å². The van der Waals surface area contributed by atoms with Crippen molar-refractivity contribution in [1.29, 1.82) is 0 Å². The number of carbonyl (C=O) groups excluding carboxylic acids is 1. The first-order chi connectivity index (χ1) is 12.7. The number of rotatable bonds is 10. The van der Waals surface area contributed by atoms with Crippen LogP contribution in [-0.4, -0.2) is 12.2 Å². The van der Waals surface area contributed by atoms with Crippen LogP contribution in [0.2, 0.25) is 0 Å². The minimum absolute atomic E-state index is 0.0289. The van der Waals surface area contributed by atoms with Gasteiger partial charge in [0.25, 0.3) is 0 Å². The van der Waals surface area contributed by atoms with Crippen molar-refractivity contribution < 1.29 is 9.53 Å². The van der Waals surface area contributed by atoms with Crippen LogP contribution in [0.4, 0.5) is 4.79 Å². The third-order valence-corrected chi connectivity index (χ3v) is 4.91. The van der Waals surface area contributed by atoms with Crippen LogP contribution < -0.4 is 5.32 Å². The first kappa shape index (κ1) is 20.3. The van der Waals surface area contributed by atoms with E-state index in [9.17, 15) is 4.79 Å². The second kappa shape index (κ2) is 10.8. The molecule has 0 aliphatic rings. The summed E-state index contributed by atoms with van der Waals surface area (Å²) in [5.74, 6) is 0. The van der Waals surface area contributed by atoms with Gasteiger partial charge >= 0.3 is 6.09 Å². The van der Waals surface area contributed by atoms with E-state index in [1.807, 2.05) is 25.1 Å². The van der Waals surface area contributed by atoms with Crippen LogP contribution in [0, 0.1) is 0 Å². The van der Waals surface area contributed by atoms with E-state index in [-0.39, 0.29) is 18.2 Å². The molecule has 3 heteroatoms. The molecule has 1 N–H and O–H groups in total. The van der Waals surface area contributed by atoms with Crippen LogP contribution in [0.3, 0.4) is 0 Å². The number of hydrogen-bond acceptors (Lipinski definition) is 2. The normalized spacial score (nSPS) is 13.3. The zero-order chi connectivity index (χ0) is 18.8. The molecular weight excluding hydrogens is 322 g/mol. The Morgan fingerprint density at radius 3 is 2.42 bits per heavy atom. The van der Waals surface area contributed by atoms with Gasteiger partial charge in [-0.15, -0.1) is 0 Å². The van der Waals surface area contributed by atoms with E-state index in [4.69, 9.17) is 4.74 Å². The van der Waals surface area contributed by atoms with Gasteiger partial charge in [0.1, 0.15) is 6.10 Å². The van der Waals surface area contributed by atoms with E-state index in [0.29, 0.717) is 0 Å². The Hall–Kier alpha value is -2.03. The summed E-state index contributed by atoms with van der Waals surface area (Å²) in [7, 11) is 0. The minimum Gasteiger partial charge on any atom is -0.446 e. The highest BCUT2D eigenvalue weighted by molar-refractivity contribution is 5.86. The largest absolute Gasteiger partial charge is 0.446 e. The highest BCUT2D eigenvalue weighted by atomic mass is 16.6. The number of unbranched alkanes of at least 4 members (excludes halogenated alkanes) is 3. The Morgan fingerprint density at radius 1 is 0.962 bits per heavy atom. The summed E-state index contributed by atoms with van der Waals surface area (Å²) >= 11 is 0. The fraction of sp³-hybridized carbons (Fsp3) is 0.522. The molecule has 0 fully saturated rings. The maximum Gasteiger partial charge on any atom is 0.407 e. The van der Waals surface area contributed by atoms with Gasteiger partial charge in [-0.2, -0.15) is 0 Å². The fourth-order valence-corrected chi connectivity index (χ4v) is 3.38. The van der Waals surface area contributed by atoms with Gasteiger partial charge in [0.15, 0.2) is 0 Å². The van der Waals surface area contributed by atoms with Crippen LogP contribution in [-0.2, 0) is 4.74 Å². The molecule has 0 radical (unpaired) electrons. The molecule has 2 unspecified atom stereocenters. The van der Waals surface area contributed by atoms with E-state index in [1.165, 1.54) is 23.6 Å². The first-order valence-electron chi connectivity index (χ1n) is 10.1. The van der Waals surface area contributed by atoms with E-state index in [1.54, 1.807) is 0 Å². The average molecular weight is 356 g/mol. The van der Waals surface area contributed by atoms with Crippen LogP contribution in [0.1, 0.15) is 77.3 Å². The number of carbonyl (C=O) groups is 1. The summed E-state index contributed by atoms with van der Waals surface area (Å²) in [6, 6.07) is 14.4. The van der Waals surface area contributed by atoms with Gasteiger partial charge in [0, 0.05) is 0 Å². The third-order valence-electron chi connectivity index (χ3n) is 4.91. The van der Waals surface area contributed by atoms with Gasteiger partial charge in [0.2, 0.25) is 0 Å². The van der Waals surface area contributed by atoms with E-state index >= 15 is 0 Å². The summed E-state index contributed by atoms with van der Waals surface area (Å²) in [6.07, 6.45) is 7.37. The molecule has 0 saturated heterocycles. The molecule has 2 aromatic rings. The Balaban J connectivity index is 1.97. The smallest absolute Gasteiger partial charge is 0.407 e. The van der Waals surface area contributed by atoms with Gasteiger partial charge in [-0.1, -0.05) is 82.0 Å². The van der Waals surface area contributed by atoms with Gasteiger partial charge in [-0.25, -0.2) is 4.79 Å². The molecule has 0 aliphatic carbocycles. The molecular formula is C23H33NO2. The molecule has 0 heterocycles. The minimum atomic E-state index is -0.303. The third kappa shape index (κ3) is 6.05. The number of amides is 1. The molecule has 0 saturated carbocycles. The predicted octanol–water partition coefficient (Wildman–Crippen LogP) is 6.77. The van der Waals surface area contributed by atoms with Crippen molar-refractivity contribution in [1.82, 2.24) is 5.32 Å². The number of alkyl carbamates (subject to hydrolysis) is 1. The van der Waals surface area contributed by atoms with Crippen molar-refractivity contribution >= 4 is 16.9 Å². The van der Waals surface area contributed by atoms with Gasteiger partial charge in [-0.3, -0.25) is 0 Å². The number of hydrogen-bond donors (Lipinski definition) is 1. The zero-order valence-electron chi connectivity index (χ0n) is 16.5. The Kier molecular flexibility index (Phi) is 8.46. The summed E-state index contributed by atoms with van der Waals surface area (Å²) in [4.78, 5) is 12.4. The Labute approximate surface area is 158 Å². The first-order valence-corrected chi connectivity index (χ1v) is 10.1. The SMILES string of the molecule is CCCCCC(CCCC)OC(=O)NC(C)c1cccc2ccccc12. The lowest BCUT2D eigenvalue weighted by molar-refractivity contribution is 0.0823. The highest BCUT2D eigenvalue weighted by Crippen LogP contribution is 2.24. The summed E-state index contributed by atoms with van der Waals surface area (Å²) < 4.78 is 5.75. The maximum absolute atomic E-state index is 12.4. The van der Waals surface area contributed by atoms with Crippen molar-refractivity contribution in [3.63, 3.8) is 0 Å². The highest BCUT2D eigenvalue weighted by Gasteiger charge is 2.17. The molecule has 3 nitrogen and oxygen atoms in total. The fourth-order valence-electron chi connectivity index (χ4n) is 3.38. The summed E-state index contributed by atoms with van der Waals surface area (Å²) in [6.45, 7) is 6.38. The molecule has 0 bridgehead atoms. The van der Waals surface area contributed by atoms with Crippen molar-refractivity contribution in [2.24, 2.45) is 0 Å². The molecule has 0 aliphatic heterocycles. The quantitative estimate of drug-likeness (QED) is 0.478. The molecule has 0 aromatic heterocycles. The number of nitrogens with one attached hydrogen (secondary N) is 1. The van der Waals surface area contributed by atoms with E-state index < -0.39 is 0 Å². The average Bonchev–Trinajstić information content (AvgIpc) is 2.65. The maximum atomic E-state index is 12.4. The number of fused-ring (bicyclic) bond motifs is 1. The molecule has 2 rings (SSSR count). The standard InChI is InChI=1S/C23H33NO2/c1-4-6-8-15-20(14-7-5-2)26-23(25)24-18(3)21-17-11-13-19-12-9-10-16-22(19)21/h9-13,16-18,20H,4-8,14-15H2,1-3H3,(H,24,25). The van der Waals surface area contributed by atoms with Gasteiger partial charge in [0.05, 0.1) is 6.04 Å². The Morgan fingerprint density at radius 2 is 1.65 bits per heavy atom. The molecule has 2 aromatic carbocycles. The van der Waals surface area contributed by atoms with E-state index in [0.717, 1.165) is 37.7 Å². The summed E-state index contributed by atoms with van der Waals surface area (Å²) in [5.41, 5.74) is 1.12. The monoisotopic (exact) mass is 355 g/mol. The van der Waals surface area contributed by atoms with Gasteiger partial charge in [-0.05, 0) is 42.5 Å². The number of ether oxygens (including phenoxy) is 1. The lowest BCUT2D eigenvalue weighted by Gasteiger charge is -2.21. The molecule has 0 spiro atoms. The lowest BCUT2D eigenvalue weighted by Crippen LogP contribution is -2.31. The molecule has 26 heavy (non-hydrogen) atoms. The number of benzene rings is 2. The van der Waals surface area contributed by atoms with Gasteiger partial charge < -0.3 is 10.1 Å². The molecule has 142 valence electrons. The second-order valence-electron chi connectivity index (χ2n) is 7.10.